The minimum absolute atomic E-state index is 0.0722. The van der Waals surface area contributed by atoms with E-state index in [0.717, 1.165) is 0 Å². The highest BCUT2D eigenvalue weighted by Gasteiger charge is 2.47. The van der Waals surface area contributed by atoms with Gasteiger partial charge in [-0.2, -0.15) is 0 Å². The van der Waals surface area contributed by atoms with Gasteiger partial charge >= 0.3 is 12.1 Å². The molecule has 1 aromatic carbocycles. The molecular weight excluding hydrogens is 621 g/mol. The van der Waals surface area contributed by atoms with Crippen LogP contribution in [0, 0.1) is 23.7 Å². The number of nitrogens with zero attached hydrogens (tertiary/aromatic N) is 1. The average Bonchev–Trinajstić information content (AvgIpc) is 3.68. The first-order valence-corrected chi connectivity index (χ1v) is 17.3. The Morgan fingerprint density at radius 2 is 1.73 bits per heavy atom. The molecule has 2 heterocycles. The number of likely N-dealkylation sites (tertiary alicyclic amines) is 1. The zero-order chi connectivity index (χ0) is 34.6. The number of hydrogen-bond donors (Lipinski definition) is 2. The monoisotopic (exact) mass is 669 g/mol. The van der Waals surface area contributed by atoms with Crippen molar-refractivity contribution in [2.24, 2.45) is 23.7 Å². The summed E-state index contributed by atoms with van der Waals surface area (Å²) in [6, 6.07) is 5.28. The van der Waals surface area contributed by atoms with Crippen LogP contribution >= 0.6 is 0 Å². The van der Waals surface area contributed by atoms with E-state index in [9.17, 15) is 28.4 Å². The van der Waals surface area contributed by atoms with E-state index in [0.29, 0.717) is 81.0 Å². The van der Waals surface area contributed by atoms with Crippen molar-refractivity contribution in [3.8, 4) is 0 Å². The van der Waals surface area contributed by atoms with E-state index in [2.05, 4.69) is 10.6 Å². The van der Waals surface area contributed by atoms with Gasteiger partial charge in [0.25, 0.3) is 0 Å². The standard InChI is InChI=1S/C36H48FN3O8/c1-5-46-34(44)30-19-24-18-25(12-15-29(24)47-30)38-32(42)31-27(21-10-13-26(41)14-11-21)16-17-40(31)33(43)23-8-6-22(7-9-23)28(20-37)39-35(45)48-36(2,3)4/h12,15,18-19,21-23,27-28,31H,5-11,13-14,16-17,20H2,1-4H3,(H,38,42)(H,39,45)/t22-,23-,27-,28-,31-/m1/s1. The molecule has 3 fully saturated rings. The van der Waals surface area contributed by atoms with Crippen LogP contribution in [0.3, 0.4) is 0 Å². The Hall–Kier alpha value is -3.96. The Balaban J connectivity index is 1.28. The fourth-order valence-corrected chi connectivity index (χ4v) is 7.67. The average molecular weight is 670 g/mol. The van der Waals surface area contributed by atoms with Crippen molar-refractivity contribution in [1.29, 1.82) is 0 Å². The number of Topliss-reactive ketones (excluding diaryl/α,β-unsaturated/α-hetero) is 1. The van der Waals surface area contributed by atoms with E-state index < -0.39 is 36.4 Å². The van der Waals surface area contributed by atoms with Gasteiger partial charge in [0.2, 0.25) is 17.6 Å². The molecule has 1 aromatic heterocycles. The number of amides is 3. The third-order valence-corrected chi connectivity index (χ3v) is 10.0. The highest BCUT2D eigenvalue weighted by atomic mass is 19.1. The fraction of sp³-hybridized carbons (Fsp3) is 0.639. The Labute approximate surface area is 280 Å². The van der Waals surface area contributed by atoms with Crippen molar-refractivity contribution in [2.45, 2.75) is 103 Å². The number of anilines is 1. The van der Waals surface area contributed by atoms with Gasteiger partial charge in [-0.3, -0.25) is 14.4 Å². The number of alkyl halides is 1. The lowest BCUT2D eigenvalue weighted by Gasteiger charge is -2.37. The van der Waals surface area contributed by atoms with Crippen LogP contribution in [0.15, 0.2) is 28.7 Å². The second kappa shape index (κ2) is 15.1. The highest BCUT2D eigenvalue weighted by Crippen LogP contribution is 2.41. The fourth-order valence-electron chi connectivity index (χ4n) is 7.67. The minimum atomic E-state index is -0.725. The van der Waals surface area contributed by atoms with Gasteiger partial charge in [-0.25, -0.2) is 14.0 Å². The first-order valence-electron chi connectivity index (χ1n) is 17.3. The van der Waals surface area contributed by atoms with Gasteiger partial charge in [-0.05, 0) is 115 Å². The maximum Gasteiger partial charge on any atom is 0.407 e. The van der Waals surface area contributed by atoms with E-state index in [1.165, 1.54) is 0 Å². The summed E-state index contributed by atoms with van der Waals surface area (Å²) in [5.41, 5.74) is 0.291. The maximum atomic E-state index is 14.1. The van der Waals surface area contributed by atoms with Crippen LogP contribution < -0.4 is 10.6 Å². The van der Waals surface area contributed by atoms with Crippen LogP contribution in [0.1, 0.15) is 96.0 Å². The molecule has 11 nitrogen and oxygen atoms in total. The topological polar surface area (TPSA) is 144 Å². The second-order valence-electron chi connectivity index (χ2n) is 14.4. The maximum absolute atomic E-state index is 14.1. The van der Waals surface area contributed by atoms with E-state index in [1.807, 2.05) is 0 Å². The number of esters is 1. The molecule has 2 aliphatic carbocycles. The number of furan rings is 1. The molecule has 3 atom stereocenters. The number of alkyl carbamates (subject to hydrolysis) is 1. The zero-order valence-corrected chi connectivity index (χ0v) is 28.3. The summed E-state index contributed by atoms with van der Waals surface area (Å²) >= 11 is 0. The molecule has 0 unspecified atom stereocenters. The summed E-state index contributed by atoms with van der Waals surface area (Å²) in [5, 5.41) is 6.31. The zero-order valence-electron chi connectivity index (χ0n) is 28.3. The molecule has 12 heteroatoms. The Bertz CT molecular complexity index is 1500. The number of benzene rings is 1. The highest BCUT2D eigenvalue weighted by molar-refractivity contribution is 6.00. The summed E-state index contributed by atoms with van der Waals surface area (Å²) in [6.45, 7) is 6.90. The predicted octanol–water partition coefficient (Wildman–Crippen LogP) is 6.19. The molecule has 2 saturated carbocycles. The third-order valence-electron chi connectivity index (χ3n) is 10.0. The number of carbonyl (C=O) groups excluding carboxylic acids is 5. The molecule has 2 N–H and O–H groups in total. The number of ketones is 1. The molecule has 0 spiro atoms. The third kappa shape index (κ3) is 8.36. The van der Waals surface area contributed by atoms with Crippen LogP contribution in [0.4, 0.5) is 14.9 Å². The van der Waals surface area contributed by atoms with Crippen LogP contribution in [-0.2, 0) is 23.9 Å². The number of carbonyl (C=O) groups is 5. The normalized spacial score (nSPS) is 24.3. The lowest BCUT2D eigenvalue weighted by Crippen LogP contribution is -2.50. The molecule has 1 saturated heterocycles. The van der Waals surface area contributed by atoms with E-state index in [4.69, 9.17) is 13.9 Å². The number of hydrogen-bond acceptors (Lipinski definition) is 8. The van der Waals surface area contributed by atoms with Crippen LogP contribution in [0.25, 0.3) is 11.0 Å². The molecular formula is C36H48FN3O8. The van der Waals surface area contributed by atoms with Crippen molar-refractivity contribution in [3.63, 3.8) is 0 Å². The number of nitrogens with one attached hydrogen (secondary N) is 2. The summed E-state index contributed by atoms with van der Waals surface area (Å²) in [5.74, 6) is -0.996. The van der Waals surface area contributed by atoms with Gasteiger partial charge in [-0.1, -0.05) is 0 Å². The van der Waals surface area contributed by atoms with Gasteiger partial charge in [-0.15, -0.1) is 0 Å². The molecule has 0 bridgehead atoms. The number of halogens is 1. The van der Waals surface area contributed by atoms with Gasteiger partial charge in [0.15, 0.2) is 0 Å². The Kier molecular flexibility index (Phi) is 11.1. The number of rotatable bonds is 9. The van der Waals surface area contributed by atoms with Crippen LogP contribution in [0.2, 0.25) is 0 Å². The van der Waals surface area contributed by atoms with Crippen molar-refractivity contribution in [3.05, 3.63) is 30.0 Å². The van der Waals surface area contributed by atoms with Crippen molar-refractivity contribution in [2.75, 3.05) is 25.1 Å². The molecule has 3 aliphatic rings. The predicted molar refractivity (Wildman–Crippen MR) is 176 cm³/mol. The summed E-state index contributed by atoms with van der Waals surface area (Å²) in [4.78, 5) is 66.4. The number of ether oxygens (including phenoxy) is 2. The minimum Gasteiger partial charge on any atom is -0.460 e. The Morgan fingerprint density at radius 1 is 1.02 bits per heavy atom. The van der Waals surface area contributed by atoms with Crippen molar-refractivity contribution in [1.82, 2.24) is 10.2 Å². The molecule has 3 amide bonds. The van der Waals surface area contributed by atoms with E-state index in [-0.39, 0.29) is 53.6 Å². The largest absolute Gasteiger partial charge is 0.460 e. The summed E-state index contributed by atoms with van der Waals surface area (Å²) < 4.78 is 30.0. The molecule has 0 radical (unpaired) electrons. The SMILES string of the molecule is CCOC(=O)c1cc2cc(NC(=O)[C@H]3[C@@H](C4CCC(=O)CC4)CCN3C(=O)[C@H]3CC[C@H]([C@@H](CF)NC(=O)OC(C)(C)C)CC3)ccc2o1. The second-order valence-corrected chi connectivity index (χ2v) is 14.4. The van der Waals surface area contributed by atoms with Crippen molar-refractivity contribution < 1.29 is 42.3 Å². The van der Waals surface area contributed by atoms with Crippen molar-refractivity contribution >= 4 is 46.3 Å². The smallest absolute Gasteiger partial charge is 0.407 e. The number of fused-ring (bicyclic) bond motifs is 1. The van der Waals surface area contributed by atoms with Gasteiger partial charge in [0, 0.05) is 36.4 Å². The van der Waals surface area contributed by atoms with E-state index in [1.54, 1.807) is 56.9 Å². The van der Waals surface area contributed by atoms with Crippen LogP contribution in [0.5, 0.6) is 0 Å². The summed E-state index contributed by atoms with van der Waals surface area (Å²) in [6.07, 6.45) is 4.59. The molecule has 262 valence electrons. The van der Waals surface area contributed by atoms with Crippen LogP contribution in [-0.4, -0.2) is 72.1 Å². The Morgan fingerprint density at radius 3 is 2.38 bits per heavy atom. The molecule has 1 aliphatic heterocycles. The molecule has 2 aromatic rings. The summed E-state index contributed by atoms with van der Waals surface area (Å²) in [7, 11) is 0. The molecule has 5 rings (SSSR count). The molecule has 48 heavy (non-hydrogen) atoms. The van der Waals surface area contributed by atoms with Gasteiger partial charge in [0.05, 0.1) is 12.6 Å². The first-order chi connectivity index (χ1) is 22.9. The quantitative estimate of drug-likeness (QED) is 0.301. The lowest BCUT2D eigenvalue weighted by atomic mass is 9.75. The van der Waals surface area contributed by atoms with E-state index >= 15 is 0 Å². The first kappa shape index (κ1) is 35.3. The lowest BCUT2D eigenvalue weighted by molar-refractivity contribution is -0.142. The van der Waals surface area contributed by atoms with Gasteiger partial charge in [0.1, 0.15) is 29.7 Å². The van der Waals surface area contributed by atoms with Gasteiger partial charge < -0.3 is 29.4 Å².